The van der Waals surface area contributed by atoms with Crippen LogP contribution in [0.1, 0.15) is 92.9 Å². The molecule has 0 aromatic heterocycles. The molecule has 0 aromatic rings. The van der Waals surface area contributed by atoms with E-state index in [1.807, 2.05) is 0 Å². The van der Waals surface area contributed by atoms with Gasteiger partial charge in [0, 0.05) is 11.3 Å². The van der Waals surface area contributed by atoms with E-state index in [0.717, 1.165) is 12.8 Å². The van der Waals surface area contributed by atoms with E-state index in [1.54, 1.807) is 6.92 Å². The molecule has 1 aliphatic heterocycles. The Morgan fingerprint density at radius 1 is 0.851 bits per heavy atom. The second-order valence-corrected chi connectivity index (χ2v) is 18.0. The van der Waals surface area contributed by atoms with Crippen LogP contribution in [0.4, 0.5) is 0 Å². The Bertz CT molecular complexity index is 1270. The third kappa shape index (κ3) is 4.81. The maximum Gasteiger partial charge on any atom is 0.315 e. The molecule has 11 nitrogen and oxygen atoms in total. The van der Waals surface area contributed by atoms with Crippen LogP contribution in [-0.2, 0) is 14.3 Å². The van der Waals surface area contributed by atoms with Gasteiger partial charge < -0.3 is 50.3 Å². The smallest absolute Gasteiger partial charge is 0.315 e. The summed E-state index contributed by atoms with van der Waals surface area (Å²) in [6, 6.07) is 0. The van der Waals surface area contributed by atoms with E-state index in [9.17, 15) is 45.6 Å². The van der Waals surface area contributed by atoms with Crippen LogP contribution in [0.3, 0.4) is 0 Å². The highest BCUT2D eigenvalue weighted by Crippen LogP contribution is 2.75. The van der Waals surface area contributed by atoms with Crippen LogP contribution < -0.4 is 0 Å². The number of fused-ring (bicyclic) bond motifs is 7. The molecule has 1 heterocycles. The Morgan fingerprint density at radius 2 is 1.51 bits per heavy atom. The standard InChI is InChI=1S/C36H58O11/c1-31(2)9-11-36(30(45)47-29-26(43)25(42)24(41)22(16-37)46-29)12-10-34(5)18(19(36)13-31)7-8-23-32(3)14-21(40)28(44)33(4,17-38)27(32)20(39)15-35(23,34)6/h7,19-29,37-44H,8-17H2,1-6H3/t19?,20-,21-,22+,23?,24+,25-,26+,27?,28+,29-,32-,33+,34-,35-,36+/m1/s1. The SMILES string of the molecule is CC1(C)CC[C@]2(C(=O)O[C@H]3O[C@@H](CO)[C@H](O)[C@@H](O)[C@@H]3O)CC[C@]3(C)C(=CCC4[C@@]5(C)C[C@@H](O)[C@H](O)[C@@](C)(CO)C5[C@H](O)C[C@]43C)C2C1. The number of rotatable bonds is 4. The minimum absolute atomic E-state index is 0.0374. The van der Waals surface area contributed by atoms with Crippen molar-refractivity contribution in [1.82, 2.24) is 0 Å². The summed E-state index contributed by atoms with van der Waals surface area (Å²) in [5.74, 6) is -1.09. The number of aliphatic hydroxyl groups is 8. The first kappa shape index (κ1) is 35.7. The van der Waals surface area contributed by atoms with Crippen LogP contribution in [0.5, 0.6) is 0 Å². The lowest BCUT2D eigenvalue weighted by Crippen LogP contribution is -2.71. The lowest BCUT2D eigenvalue weighted by molar-refractivity contribution is -0.298. The quantitative estimate of drug-likeness (QED) is 0.160. The zero-order chi connectivity index (χ0) is 34.7. The Labute approximate surface area is 278 Å². The van der Waals surface area contributed by atoms with Crippen molar-refractivity contribution in [2.24, 2.45) is 50.2 Å². The first-order chi connectivity index (χ1) is 21.8. The van der Waals surface area contributed by atoms with E-state index in [4.69, 9.17) is 9.47 Å². The van der Waals surface area contributed by atoms with Crippen molar-refractivity contribution in [2.75, 3.05) is 13.2 Å². The number of carbonyl (C=O) groups excluding carboxylic acids is 1. The Kier molecular flexibility index (Phi) is 8.68. The molecule has 5 fully saturated rings. The van der Waals surface area contributed by atoms with Crippen LogP contribution in [0, 0.1) is 50.2 Å². The molecule has 11 heteroatoms. The van der Waals surface area contributed by atoms with Gasteiger partial charge in [-0.05, 0) is 84.9 Å². The van der Waals surface area contributed by atoms with Gasteiger partial charge in [-0.3, -0.25) is 4.79 Å². The highest BCUT2D eigenvalue weighted by atomic mass is 16.7. The molecule has 16 atom stereocenters. The van der Waals surface area contributed by atoms with E-state index in [1.165, 1.54) is 5.57 Å². The number of hydrogen-bond donors (Lipinski definition) is 8. The van der Waals surface area contributed by atoms with Crippen molar-refractivity contribution in [3.8, 4) is 0 Å². The van der Waals surface area contributed by atoms with Crippen molar-refractivity contribution < 1.29 is 55.1 Å². The number of allylic oxidation sites excluding steroid dienone is 2. The topological polar surface area (TPSA) is 197 Å². The molecule has 0 amide bonds. The van der Waals surface area contributed by atoms with Gasteiger partial charge in [-0.15, -0.1) is 0 Å². The molecule has 6 aliphatic rings. The highest BCUT2D eigenvalue weighted by Gasteiger charge is 2.72. The van der Waals surface area contributed by atoms with E-state index in [2.05, 4.69) is 40.7 Å². The van der Waals surface area contributed by atoms with E-state index >= 15 is 0 Å². The Balaban J connectivity index is 1.38. The van der Waals surface area contributed by atoms with Gasteiger partial charge in [-0.25, -0.2) is 0 Å². The van der Waals surface area contributed by atoms with Crippen molar-refractivity contribution in [3.63, 3.8) is 0 Å². The molecular formula is C36H58O11. The van der Waals surface area contributed by atoms with Gasteiger partial charge in [-0.2, -0.15) is 0 Å². The van der Waals surface area contributed by atoms with Gasteiger partial charge in [-0.1, -0.05) is 53.2 Å². The molecule has 3 unspecified atom stereocenters. The summed E-state index contributed by atoms with van der Waals surface area (Å²) in [6.07, 6.45) is -3.65. The largest absolute Gasteiger partial charge is 0.432 e. The normalized spacial score (nSPS) is 55.4. The van der Waals surface area contributed by atoms with Gasteiger partial charge >= 0.3 is 5.97 Å². The molecule has 0 bridgehead atoms. The van der Waals surface area contributed by atoms with Gasteiger partial charge in [0.05, 0.1) is 36.9 Å². The zero-order valence-electron chi connectivity index (χ0n) is 28.8. The Morgan fingerprint density at radius 3 is 2.15 bits per heavy atom. The fraction of sp³-hybridized carbons (Fsp3) is 0.917. The van der Waals surface area contributed by atoms with Crippen LogP contribution in [0.2, 0.25) is 0 Å². The summed E-state index contributed by atoms with van der Waals surface area (Å²) in [7, 11) is 0. The zero-order valence-corrected chi connectivity index (χ0v) is 28.8. The fourth-order valence-electron chi connectivity index (χ4n) is 12.3. The molecule has 47 heavy (non-hydrogen) atoms. The second-order valence-electron chi connectivity index (χ2n) is 18.0. The van der Waals surface area contributed by atoms with E-state index in [-0.39, 0.29) is 23.9 Å². The van der Waals surface area contributed by atoms with Crippen LogP contribution in [-0.4, -0.2) is 109 Å². The van der Waals surface area contributed by atoms with Crippen LogP contribution >= 0.6 is 0 Å². The fourth-order valence-corrected chi connectivity index (χ4v) is 12.3. The summed E-state index contributed by atoms with van der Waals surface area (Å²) in [6.45, 7) is 11.8. The molecule has 0 aromatic carbocycles. The number of aliphatic hydroxyl groups excluding tert-OH is 8. The van der Waals surface area contributed by atoms with Crippen LogP contribution in [0.15, 0.2) is 11.6 Å². The third-order valence-corrected chi connectivity index (χ3v) is 15.1. The molecule has 6 rings (SSSR count). The summed E-state index contributed by atoms with van der Waals surface area (Å²) < 4.78 is 11.5. The average molecular weight is 667 g/mol. The van der Waals surface area contributed by atoms with Crippen molar-refractivity contribution >= 4 is 5.97 Å². The van der Waals surface area contributed by atoms with Gasteiger partial charge in [0.15, 0.2) is 0 Å². The lowest BCUT2D eigenvalue weighted by Gasteiger charge is -2.72. The molecule has 1 saturated heterocycles. The maximum atomic E-state index is 14.4. The van der Waals surface area contributed by atoms with Crippen molar-refractivity contribution in [1.29, 1.82) is 0 Å². The van der Waals surface area contributed by atoms with Crippen LogP contribution in [0.25, 0.3) is 0 Å². The number of carbonyl (C=O) groups is 1. The molecule has 268 valence electrons. The summed E-state index contributed by atoms with van der Waals surface area (Å²) in [5.41, 5.74) is -2.27. The maximum absolute atomic E-state index is 14.4. The molecule has 0 spiro atoms. The second kappa shape index (κ2) is 11.4. The molecular weight excluding hydrogens is 608 g/mol. The minimum Gasteiger partial charge on any atom is -0.432 e. The minimum atomic E-state index is -1.68. The summed E-state index contributed by atoms with van der Waals surface area (Å²) in [4.78, 5) is 14.4. The average Bonchev–Trinajstić information content (AvgIpc) is 3.00. The number of esters is 1. The van der Waals surface area contributed by atoms with Crippen molar-refractivity contribution in [2.45, 2.75) is 142 Å². The van der Waals surface area contributed by atoms with E-state index < -0.39 is 94.6 Å². The number of ether oxygens (including phenoxy) is 2. The van der Waals surface area contributed by atoms with Gasteiger partial charge in [0.25, 0.3) is 0 Å². The summed E-state index contributed by atoms with van der Waals surface area (Å²) in [5, 5.41) is 85.8. The number of hydrogen-bond acceptors (Lipinski definition) is 11. The first-order valence-electron chi connectivity index (χ1n) is 17.6. The molecule has 0 radical (unpaired) electrons. The van der Waals surface area contributed by atoms with Crippen molar-refractivity contribution in [3.05, 3.63) is 11.6 Å². The van der Waals surface area contributed by atoms with Gasteiger partial charge in [0.2, 0.25) is 6.29 Å². The lowest BCUT2D eigenvalue weighted by atomic mass is 9.33. The Hall–Kier alpha value is -1.15. The molecule has 8 N–H and O–H groups in total. The highest BCUT2D eigenvalue weighted by molar-refractivity contribution is 5.79. The van der Waals surface area contributed by atoms with Gasteiger partial charge in [0.1, 0.15) is 24.4 Å². The predicted molar refractivity (Wildman–Crippen MR) is 169 cm³/mol. The molecule has 4 saturated carbocycles. The third-order valence-electron chi connectivity index (χ3n) is 15.1. The summed E-state index contributed by atoms with van der Waals surface area (Å²) >= 11 is 0. The molecule has 5 aliphatic carbocycles. The first-order valence-corrected chi connectivity index (χ1v) is 17.6. The monoisotopic (exact) mass is 666 g/mol. The van der Waals surface area contributed by atoms with E-state index in [0.29, 0.717) is 38.5 Å². The predicted octanol–water partition coefficient (Wildman–Crippen LogP) is 1.41.